The first-order chi connectivity index (χ1) is 10.1. The summed E-state index contributed by atoms with van der Waals surface area (Å²) in [4.78, 5) is 2.47. The molecule has 0 amide bonds. The SMILES string of the molecule is COC1CCN(C(CN)c2ccc(OC(C)C)cc2)CC1. The van der Waals surface area contributed by atoms with Gasteiger partial charge in [0.25, 0.3) is 0 Å². The Labute approximate surface area is 128 Å². The van der Waals surface area contributed by atoms with Crippen LogP contribution in [0.5, 0.6) is 5.75 Å². The van der Waals surface area contributed by atoms with Crippen LogP contribution < -0.4 is 10.5 Å². The summed E-state index contributed by atoms with van der Waals surface area (Å²) in [5.41, 5.74) is 7.29. The van der Waals surface area contributed by atoms with Crippen LogP contribution in [0.2, 0.25) is 0 Å². The maximum atomic E-state index is 6.02. The minimum absolute atomic E-state index is 0.203. The second-order valence-corrected chi connectivity index (χ2v) is 5.96. The van der Waals surface area contributed by atoms with Crippen molar-refractivity contribution >= 4 is 0 Å². The first kappa shape index (κ1) is 16.3. The largest absolute Gasteiger partial charge is 0.491 e. The van der Waals surface area contributed by atoms with Gasteiger partial charge in [-0.2, -0.15) is 0 Å². The number of nitrogens with zero attached hydrogens (tertiary/aromatic N) is 1. The Balaban J connectivity index is 2.00. The highest BCUT2D eigenvalue weighted by Crippen LogP contribution is 2.26. The summed E-state index contributed by atoms with van der Waals surface area (Å²) < 4.78 is 11.1. The predicted molar refractivity (Wildman–Crippen MR) is 85.6 cm³/mol. The third-order valence-corrected chi connectivity index (χ3v) is 4.11. The Kier molecular flexibility index (Phi) is 6.03. The fourth-order valence-corrected chi connectivity index (χ4v) is 2.96. The number of benzene rings is 1. The van der Waals surface area contributed by atoms with E-state index in [1.807, 2.05) is 26.0 Å². The van der Waals surface area contributed by atoms with Crippen molar-refractivity contribution in [1.29, 1.82) is 0 Å². The third kappa shape index (κ3) is 4.43. The van der Waals surface area contributed by atoms with Crippen molar-refractivity contribution in [3.8, 4) is 5.75 Å². The van der Waals surface area contributed by atoms with Crippen LogP contribution in [0.3, 0.4) is 0 Å². The zero-order chi connectivity index (χ0) is 15.2. The van der Waals surface area contributed by atoms with Crippen LogP contribution in [0.25, 0.3) is 0 Å². The number of methoxy groups -OCH3 is 1. The van der Waals surface area contributed by atoms with E-state index in [2.05, 4.69) is 17.0 Å². The quantitative estimate of drug-likeness (QED) is 0.875. The molecule has 1 aliphatic heterocycles. The van der Waals surface area contributed by atoms with Crippen molar-refractivity contribution < 1.29 is 9.47 Å². The standard InChI is InChI=1S/C17H28N2O2/c1-13(2)21-16-6-4-14(5-7-16)17(12-18)19-10-8-15(20-3)9-11-19/h4-7,13,15,17H,8-12,18H2,1-3H3. The topological polar surface area (TPSA) is 47.7 Å². The van der Waals surface area contributed by atoms with Crippen molar-refractivity contribution in [3.05, 3.63) is 29.8 Å². The van der Waals surface area contributed by atoms with Gasteiger partial charge in [0.1, 0.15) is 5.75 Å². The molecule has 1 saturated heterocycles. The number of hydrogen-bond acceptors (Lipinski definition) is 4. The van der Waals surface area contributed by atoms with Crippen molar-refractivity contribution in [2.75, 3.05) is 26.7 Å². The lowest BCUT2D eigenvalue weighted by atomic mass is 10.0. The molecule has 1 fully saturated rings. The molecule has 1 aromatic rings. The number of ether oxygens (including phenoxy) is 2. The highest BCUT2D eigenvalue weighted by atomic mass is 16.5. The number of likely N-dealkylation sites (tertiary alicyclic amines) is 1. The zero-order valence-electron chi connectivity index (χ0n) is 13.4. The van der Waals surface area contributed by atoms with Crippen molar-refractivity contribution in [2.45, 2.75) is 44.9 Å². The average Bonchev–Trinajstić information content (AvgIpc) is 2.50. The summed E-state index contributed by atoms with van der Waals surface area (Å²) in [7, 11) is 1.80. The molecule has 4 heteroatoms. The molecule has 1 atom stereocenters. The molecule has 1 aromatic carbocycles. The molecule has 0 aliphatic carbocycles. The molecule has 0 bridgehead atoms. The minimum Gasteiger partial charge on any atom is -0.491 e. The lowest BCUT2D eigenvalue weighted by molar-refractivity contribution is 0.0280. The number of piperidine rings is 1. The molecule has 1 unspecified atom stereocenters. The van der Waals surface area contributed by atoms with Crippen molar-refractivity contribution in [2.24, 2.45) is 5.73 Å². The molecule has 0 saturated carbocycles. The average molecular weight is 292 g/mol. The van der Waals surface area contributed by atoms with Gasteiger partial charge in [-0.05, 0) is 44.4 Å². The maximum Gasteiger partial charge on any atom is 0.119 e. The summed E-state index contributed by atoms with van der Waals surface area (Å²) >= 11 is 0. The second-order valence-electron chi connectivity index (χ2n) is 5.96. The van der Waals surface area contributed by atoms with Gasteiger partial charge >= 0.3 is 0 Å². The van der Waals surface area contributed by atoms with E-state index in [1.54, 1.807) is 7.11 Å². The fourth-order valence-electron chi connectivity index (χ4n) is 2.96. The first-order valence-corrected chi connectivity index (χ1v) is 7.87. The van der Waals surface area contributed by atoms with Gasteiger partial charge in [0.15, 0.2) is 0 Å². The van der Waals surface area contributed by atoms with E-state index < -0.39 is 0 Å². The van der Waals surface area contributed by atoms with Gasteiger partial charge in [-0.1, -0.05) is 12.1 Å². The second kappa shape index (κ2) is 7.78. The minimum atomic E-state index is 0.203. The number of nitrogens with two attached hydrogens (primary N) is 1. The van der Waals surface area contributed by atoms with E-state index in [-0.39, 0.29) is 12.1 Å². The molecule has 2 rings (SSSR count). The molecule has 1 heterocycles. The molecule has 4 nitrogen and oxygen atoms in total. The van der Waals surface area contributed by atoms with Crippen molar-refractivity contribution in [3.63, 3.8) is 0 Å². The molecule has 0 radical (unpaired) electrons. The maximum absolute atomic E-state index is 6.02. The molecule has 0 aromatic heterocycles. The van der Waals surface area contributed by atoms with Crippen LogP contribution in [0.15, 0.2) is 24.3 Å². The lowest BCUT2D eigenvalue weighted by Gasteiger charge is -2.37. The molecular formula is C17H28N2O2. The summed E-state index contributed by atoms with van der Waals surface area (Å²) in [6.07, 6.45) is 2.78. The number of hydrogen-bond donors (Lipinski definition) is 1. The van der Waals surface area contributed by atoms with E-state index in [0.717, 1.165) is 31.7 Å². The Morgan fingerprint density at radius 3 is 2.29 bits per heavy atom. The van der Waals surface area contributed by atoms with Gasteiger partial charge < -0.3 is 15.2 Å². The highest BCUT2D eigenvalue weighted by molar-refractivity contribution is 5.29. The summed E-state index contributed by atoms with van der Waals surface area (Å²) in [6, 6.07) is 8.64. The monoisotopic (exact) mass is 292 g/mol. The Bertz CT molecular complexity index is 411. The normalized spacial score (nSPS) is 18.9. The van der Waals surface area contributed by atoms with Gasteiger partial charge in [-0.15, -0.1) is 0 Å². The molecule has 21 heavy (non-hydrogen) atoms. The van der Waals surface area contributed by atoms with Crippen LogP contribution in [0, 0.1) is 0 Å². The van der Waals surface area contributed by atoms with E-state index in [4.69, 9.17) is 15.2 Å². The van der Waals surface area contributed by atoms with Gasteiger partial charge in [-0.25, -0.2) is 0 Å². The smallest absolute Gasteiger partial charge is 0.119 e. The Hall–Kier alpha value is -1.10. The molecular weight excluding hydrogens is 264 g/mol. The molecule has 118 valence electrons. The van der Waals surface area contributed by atoms with Crippen LogP contribution in [0.1, 0.15) is 38.3 Å². The van der Waals surface area contributed by atoms with E-state index in [9.17, 15) is 0 Å². The predicted octanol–water partition coefficient (Wildman–Crippen LogP) is 2.58. The highest BCUT2D eigenvalue weighted by Gasteiger charge is 2.25. The van der Waals surface area contributed by atoms with E-state index in [1.165, 1.54) is 5.56 Å². The van der Waals surface area contributed by atoms with Gasteiger partial charge in [0.05, 0.1) is 12.2 Å². The van der Waals surface area contributed by atoms with Gasteiger partial charge in [0.2, 0.25) is 0 Å². The van der Waals surface area contributed by atoms with Gasteiger partial charge in [-0.3, -0.25) is 4.90 Å². The Morgan fingerprint density at radius 1 is 1.19 bits per heavy atom. The number of rotatable bonds is 6. The van der Waals surface area contributed by atoms with E-state index >= 15 is 0 Å². The summed E-state index contributed by atoms with van der Waals surface area (Å²) in [5.74, 6) is 0.919. The third-order valence-electron chi connectivity index (χ3n) is 4.11. The molecule has 0 spiro atoms. The van der Waals surface area contributed by atoms with Crippen LogP contribution in [-0.4, -0.2) is 43.9 Å². The lowest BCUT2D eigenvalue weighted by Crippen LogP contribution is -2.41. The summed E-state index contributed by atoms with van der Waals surface area (Å²) in [5, 5.41) is 0. The zero-order valence-corrected chi connectivity index (χ0v) is 13.4. The van der Waals surface area contributed by atoms with Crippen molar-refractivity contribution in [1.82, 2.24) is 4.90 Å². The Morgan fingerprint density at radius 2 is 1.81 bits per heavy atom. The van der Waals surface area contributed by atoms with E-state index in [0.29, 0.717) is 12.6 Å². The summed E-state index contributed by atoms with van der Waals surface area (Å²) in [6.45, 7) is 6.81. The molecule has 1 aliphatic rings. The van der Waals surface area contributed by atoms with Crippen LogP contribution in [-0.2, 0) is 4.74 Å². The van der Waals surface area contributed by atoms with Crippen LogP contribution in [0.4, 0.5) is 0 Å². The van der Waals surface area contributed by atoms with Gasteiger partial charge in [0, 0.05) is 32.8 Å². The first-order valence-electron chi connectivity index (χ1n) is 7.87. The molecule has 2 N–H and O–H groups in total. The van der Waals surface area contributed by atoms with Crippen LogP contribution >= 0.6 is 0 Å². The fraction of sp³-hybridized carbons (Fsp3) is 0.647.